The molecular weight excluding hydrogens is 174 g/mol. The molecule has 3 rings (SSSR count). The summed E-state index contributed by atoms with van der Waals surface area (Å²) in [5.74, 6) is 2.44. The Morgan fingerprint density at radius 2 is 2.14 bits per heavy atom. The normalized spacial score (nSPS) is 53.8. The first-order valence-electron chi connectivity index (χ1n) is 6.00. The van der Waals surface area contributed by atoms with Gasteiger partial charge in [0.1, 0.15) is 0 Å². The first-order valence-corrected chi connectivity index (χ1v) is 6.00. The van der Waals surface area contributed by atoms with Crippen LogP contribution in [0.2, 0.25) is 0 Å². The van der Waals surface area contributed by atoms with Crippen LogP contribution in [0.4, 0.5) is 0 Å². The third-order valence-corrected chi connectivity index (χ3v) is 5.01. The van der Waals surface area contributed by atoms with Gasteiger partial charge in [0, 0.05) is 0 Å². The van der Waals surface area contributed by atoms with E-state index < -0.39 is 0 Å². The van der Waals surface area contributed by atoms with E-state index in [1.165, 1.54) is 19.3 Å². The lowest BCUT2D eigenvalue weighted by Crippen LogP contribution is -2.21. The van der Waals surface area contributed by atoms with E-state index in [9.17, 15) is 0 Å². The van der Waals surface area contributed by atoms with Crippen LogP contribution in [0, 0.1) is 23.2 Å². The van der Waals surface area contributed by atoms with Gasteiger partial charge < -0.3 is 10.5 Å². The predicted molar refractivity (Wildman–Crippen MR) is 55.8 cm³/mol. The average molecular weight is 195 g/mol. The van der Waals surface area contributed by atoms with E-state index in [-0.39, 0.29) is 0 Å². The van der Waals surface area contributed by atoms with Gasteiger partial charge in [-0.3, -0.25) is 0 Å². The molecule has 2 nitrogen and oxygen atoms in total. The molecule has 2 saturated heterocycles. The fourth-order valence-electron chi connectivity index (χ4n) is 4.14. The van der Waals surface area contributed by atoms with Gasteiger partial charge in [-0.2, -0.15) is 0 Å². The van der Waals surface area contributed by atoms with Gasteiger partial charge in [0.05, 0.1) is 12.2 Å². The van der Waals surface area contributed by atoms with Crippen molar-refractivity contribution < 1.29 is 4.74 Å². The van der Waals surface area contributed by atoms with Gasteiger partial charge in [0.2, 0.25) is 0 Å². The van der Waals surface area contributed by atoms with E-state index in [0.29, 0.717) is 17.6 Å². The van der Waals surface area contributed by atoms with Crippen molar-refractivity contribution >= 4 is 0 Å². The molecule has 3 fully saturated rings. The van der Waals surface area contributed by atoms with Crippen LogP contribution in [-0.4, -0.2) is 18.8 Å². The smallest absolute Gasteiger partial charge is 0.0611 e. The van der Waals surface area contributed by atoms with Gasteiger partial charge in [-0.1, -0.05) is 13.8 Å². The summed E-state index contributed by atoms with van der Waals surface area (Å²) in [5, 5.41) is 0. The number of hydrogen-bond acceptors (Lipinski definition) is 2. The number of rotatable bonds is 2. The molecule has 5 atom stereocenters. The van der Waals surface area contributed by atoms with Crippen LogP contribution in [0.1, 0.15) is 33.1 Å². The minimum Gasteiger partial charge on any atom is -0.375 e. The quantitative estimate of drug-likeness (QED) is 0.729. The van der Waals surface area contributed by atoms with E-state index in [0.717, 1.165) is 24.3 Å². The Kier molecular flexibility index (Phi) is 1.79. The van der Waals surface area contributed by atoms with Crippen LogP contribution in [0.25, 0.3) is 0 Å². The zero-order valence-corrected chi connectivity index (χ0v) is 9.20. The lowest BCUT2D eigenvalue weighted by Gasteiger charge is -2.19. The second-order valence-corrected chi connectivity index (χ2v) is 5.96. The standard InChI is InChI=1S/C12H21NO/c1-12(2)9(6-13)11(12)8-5-7-3-4-10(8)14-7/h7-11H,3-6,13H2,1-2H3/t7?,8?,9-,10?,11-/m1/s1. The largest absolute Gasteiger partial charge is 0.375 e. The second kappa shape index (κ2) is 2.73. The summed E-state index contributed by atoms with van der Waals surface area (Å²) >= 11 is 0. The summed E-state index contributed by atoms with van der Waals surface area (Å²) in [6.07, 6.45) is 5.11. The first kappa shape index (κ1) is 9.17. The third-order valence-electron chi connectivity index (χ3n) is 5.01. The molecule has 14 heavy (non-hydrogen) atoms. The van der Waals surface area contributed by atoms with Crippen molar-refractivity contribution in [3.63, 3.8) is 0 Å². The van der Waals surface area contributed by atoms with Crippen molar-refractivity contribution in [2.75, 3.05) is 6.54 Å². The van der Waals surface area contributed by atoms with Crippen molar-refractivity contribution in [2.24, 2.45) is 28.9 Å². The Hall–Kier alpha value is -0.0800. The van der Waals surface area contributed by atoms with E-state index in [1.807, 2.05) is 0 Å². The Bertz CT molecular complexity index is 249. The molecule has 3 unspecified atom stereocenters. The van der Waals surface area contributed by atoms with Gasteiger partial charge in [-0.15, -0.1) is 0 Å². The summed E-state index contributed by atoms with van der Waals surface area (Å²) in [7, 11) is 0. The highest BCUT2D eigenvalue weighted by Crippen LogP contribution is 2.65. The van der Waals surface area contributed by atoms with Gasteiger partial charge >= 0.3 is 0 Å². The molecular formula is C12H21NO. The highest BCUT2D eigenvalue weighted by atomic mass is 16.5. The van der Waals surface area contributed by atoms with Crippen molar-refractivity contribution in [3.8, 4) is 0 Å². The lowest BCUT2D eigenvalue weighted by atomic mass is 9.83. The first-order chi connectivity index (χ1) is 6.64. The van der Waals surface area contributed by atoms with Gasteiger partial charge in [-0.05, 0) is 49.0 Å². The van der Waals surface area contributed by atoms with E-state index >= 15 is 0 Å². The third kappa shape index (κ3) is 1.04. The summed E-state index contributed by atoms with van der Waals surface area (Å²) in [6, 6.07) is 0. The number of fused-ring (bicyclic) bond motifs is 2. The molecule has 1 saturated carbocycles. The van der Waals surface area contributed by atoms with Gasteiger partial charge in [0.25, 0.3) is 0 Å². The highest BCUT2D eigenvalue weighted by molar-refractivity contribution is 5.11. The van der Waals surface area contributed by atoms with Crippen LogP contribution in [0.3, 0.4) is 0 Å². The van der Waals surface area contributed by atoms with Gasteiger partial charge in [0.15, 0.2) is 0 Å². The molecule has 80 valence electrons. The maximum Gasteiger partial charge on any atom is 0.0611 e. The molecule has 2 N–H and O–H groups in total. The minimum atomic E-state index is 0.493. The molecule has 2 aliphatic heterocycles. The fourth-order valence-corrected chi connectivity index (χ4v) is 4.14. The molecule has 0 aromatic heterocycles. The van der Waals surface area contributed by atoms with Crippen LogP contribution in [0.5, 0.6) is 0 Å². The molecule has 0 spiro atoms. The summed E-state index contributed by atoms with van der Waals surface area (Å²) in [5.41, 5.74) is 6.32. The number of ether oxygens (including phenoxy) is 1. The maximum absolute atomic E-state index is 5.93. The maximum atomic E-state index is 5.93. The highest BCUT2D eigenvalue weighted by Gasteiger charge is 2.63. The molecule has 3 aliphatic rings. The molecule has 1 aliphatic carbocycles. The summed E-state index contributed by atoms with van der Waals surface area (Å²) in [4.78, 5) is 0. The monoisotopic (exact) mass is 195 g/mol. The summed E-state index contributed by atoms with van der Waals surface area (Å²) in [6.45, 7) is 5.62. The Labute approximate surface area is 86.2 Å². The average Bonchev–Trinajstić information content (AvgIpc) is 2.61. The van der Waals surface area contributed by atoms with E-state index in [4.69, 9.17) is 10.5 Å². The molecule has 2 heteroatoms. The van der Waals surface area contributed by atoms with Crippen molar-refractivity contribution in [2.45, 2.75) is 45.3 Å². The summed E-state index contributed by atoms with van der Waals surface area (Å²) < 4.78 is 5.93. The van der Waals surface area contributed by atoms with Crippen LogP contribution in [0.15, 0.2) is 0 Å². The van der Waals surface area contributed by atoms with Crippen molar-refractivity contribution in [1.82, 2.24) is 0 Å². The van der Waals surface area contributed by atoms with E-state index in [2.05, 4.69) is 13.8 Å². The van der Waals surface area contributed by atoms with Crippen LogP contribution in [-0.2, 0) is 4.74 Å². The Balaban J connectivity index is 1.73. The van der Waals surface area contributed by atoms with Crippen molar-refractivity contribution in [3.05, 3.63) is 0 Å². The van der Waals surface area contributed by atoms with Gasteiger partial charge in [-0.25, -0.2) is 0 Å². The van der Waals surface area contributed by atoms with Crippen molar-refractivity contribution in [1.29, 1.82) is 0 Å². The van der Waals surface area contributed by atoms with Crippen LogP contribution < -0.4 is 5.73 Å². The molecule has 0 amide bonds. The fraction of sp³-hybridized carbons (Fsp3) is 1.00. The molecule has 0 aromatic carbocycles. The molecule has 0 aromatic rings. The zero-order valence-electron chi connectivity index (χ0n) is 9.20. The molecule has 2 bridgehead atoms. The van der Waals surface area contributed by atoms with E-state index in [1.54, 1.807) is 0 Å². The molecule has 2 heterocycles. The topological polar surface area (TPSA) is 35.2 Å². The minimum absolute atomic E-state index is 0.493. The SMILES string of the molecule is CC1(C)[C@H](CN)[C@H]1C1CC2CCC1O2. The lowest BCUT2D eigenvalue weighted by molar-refractivity contribution is 0.0866. The molecule has 0 radical (unpaired) electrons. The zero-order chi connectivity index (χ0) is 9.92. The number of hydrogen-bond donors (Lipinski definition) is 1. The predicted octanol–water partition coefficient (Wildman–Crippen LogP) is 1.78. The Morgan fingerprint density at radius 3 is 2.57 bits per heavy atom. The Morgan fingerprint density at radius 1 is 1.36 bits per heavy atom. The second-order valence-electron chi connectivity index (χ2n) is 5.96. The van der Waals surface area contributed by atoms with Crippen LogP contribution >= 0.6 is 0 Å². The number of nitrogens with two attached hydrogens (primary N) is 1.